The first-order valence-electron chi connectivity index (χ1n) is 8.36. The molecule has 1 aliphatic rings. The summed E-state index contributed by atoms with van der Waals surface area (Å²) in [7, 11) is 0. The van der Waals surface area contributed by atoms with Crippen LogP contribution in [-0.4, -0.2) is 25.2 Å². The summed E-state index contributed by atoms with van der Waals surface area (Å²) in [5.74, 6) is 0.586. The van der Waals surface area contributed by atoms with Gasteiger partial charge in [-0.05, 0) is 54.8 Å². The maximum atomic E-state index is 12.3. The third-order valence-corrected chi connectivity index (χ3v) is 4.09. The molecule has 1 N–H and O–H groups in total. The lowest BCUT2D eigenvalue weighted by atomic mass is 10.1. The first kappa shape index (κ1) is 17.0. The van der Waals surface area contributed by atoms with Crippen LogP contribution in [-0.2, 0) is 11.3 Å². The molecule has 1 aliphatic heterocycles. The molecule has 1 fully saturated rings. The summed E-state index contributed by atoms with van der Waals surface area (Å²) < 4.78 is 11.2. The molecule has 2 aromatic carbocycles. The Kier molecular flexibility index (Phi) is 5.65. The number of hydrogen-bond donors (Lipinski definition) is 1. The molecule has 1 saturated heterocycles. The number of nitriles is 1. The molecule has 0 saturated carbocycles. The number of carbonyl (C=O) groups excluding carboxylic acids is 1. The van der Waals surface area contributed by atoms with E-state index in [9.17, 15) is 4.79 Å². The molecular weight excluding hydrogens is 316 g/mol. The average molecular weight is 336 g/mol. The largest absolute Gasteiger partial charge is 0.489 e. The molecule has 1 amide bonds. The van der Waals surface area contributed by atoms with Gasteiger partial charge in [0.15, 0.2) is 0 Å². The van der Waals surface area contributed by atoms with Crippen molar-refractivity contribution in [1.29, 1.82) is 5.26 Å². The maximum absolute atomic E-state index is 12.3. The molecular formula is C20H20N2O3. The number of rotatable bonds is 6. The predicted octanol–water partition coefficient (Wildman–Crippen LogP) is 3.05. The number of nitrogens with zero attached hydrogens (tertiary/aromatic N) is 1. The lowest BCUT2D eigenvalue weighted by molar-refractivity contribution is 0.0857. The highest BCUT2D eigenvalue weighted by Gasteiger charge is 2.16. The topological polar surface area (TPSA) is 71.3 Å². The number of carbonyl (C=O) groups is 1. The molecule has 128 valence electrons. The number of hydrogen-bond acceptors (Lipinski definition) is 4. The van der Waals surface area contributed by atoms with E-state index in [0.717, 1.165) is 25.0 Å². The molecule has 5 nitrogen and oxygen atoms in total. The summed E-state index contributed by atoms with van der Waals surface area (Å²) in [6.07, 6.45) is 2.19. The summed E-state index contributed by atoms with van der Waals surface area (Å²) in [5.41, 5.74) is 2.12. The van der Waals surface area contributed by atoms with E-state index in [1.807, 2.05) is 18.2 Å². The molecule has 0 aromatic heterocycles. The molecule has 3 rings (SSSR count). The van der Waals surface area contributed by atoms with Crippen molar-refractivity contribution in [2.45, 2.75) is 25.6 Å². The highest BCUT2D eigenvalue weighted by Crippen LogP contribution is 2.15. The Bertz CT molecular complexity index is 759. The summed E-state index contributed by atoms with van der Waals surface area (Å²) in [5, 5.41) is 11.7. The fourth-order valence-corrected chi connectivity index (χ4v) is 2.71. The molecule has 0 radical (unpaired) electrons. The van der Waals surface area contributed by atoms with E-state index in [0.29, 0.717) is 30.0 Å². The minimum atomic E-state index is -0.101. The second kappa shape index (κ2) is 8.32. The zero-order valence-corrected chi connectivity index (χ0v) is 13.9. The van der Waals surface area contributed by atoms with Crippen molar-refractivity contribution in [2.24, 2.45) is 0 Å². The van der Waals surface area contributed by atoms with Crippen LogP contribution >= 0.6 is 0 Å². The Morgan fingerprint density at radius 3 is 2.84 bits per heavy atom. The fraction of sp³-hybridized carbons (Fsp3) is 0.300. The lowest BCUT2D eigenvalue weighted by Crippen LogP contribution is -2.31. The van der Waals surface area contributed by atoms with Gasteiger partial charge in [0.05, 0.1) is 17.7 Å². The Hall–Kier alpha value is -2.84. The van der Waals surface area contributed by atoms with Crippen LogP contribution < -0.4 is 10.1 Å². The van der Waals surface area contributed by atoms with Crippen molar-refractivity contribution >= 4 is 5.91 Å². The van der Waals surface area contributed by atoms with E-state index in [4.69, 9.17) is 14.7 Å². The third-order valence-electron chi connectivity index (χ3n) is 4.09. The molecule has 1 heterocycles. The van der Waals surface area contributed by atoms with Gasteiger partial charge in [0, 0.05) is 18.7 Å². The van der Waals surface area contributed by atoms with Crippen LogP contribution in [0, 0.1) is 11.3 Å². The van der Waals surface area contributed by atoms with Gasteiger partial charge in [-0.15, -0.1) is 0 Å². The van der Waals surface area contributed by atoms with Crippen LogP contribution in [0.25, 0.3) is 0 Å². The molecule has 0 spiro atoms. The monoisotopic (exact) mass is 336 g/mol. The zero-order valence-electron chi connectivity index (χ0n) is 13.9. The minimum Gasteiger partial charge on any atom is -0.489 e. The van der Waals surface area contributed by atoms with Crippen molar-refractivity contribution < 1.29 is 14.3 Å². The van der Waals surface area contributed by atoms with Crippen LogP contribution in [0.1, 0.15) is 34.3 Å². The lowest BCUT2D eigenvalue weighted by Gasteiger charge is -2.11. The van der Waals surface area contributed by atoms with Gasteiger partial charge < -0.3 is 14.8 Å². The first-order chi connectivity index (χ1) is 12.2. The van der Waals surface area contributed by atoms with Gasteiger partial charge in [0.1, 0.15) is 12.4 Å². The van der Waals surface area contributed by atoms with Gasteiger partial charge in [-0.1, -0.05) is 12.1 Å². The number of ether oxygens (including phenoxy) is 2. The predicted molar refractivity (Wildman–Crippen MR) is 93.2 cm³/mol. The van der Waals surface area contributed by atoms with Crippen LogP contribution in [0.15, 0.2) is 48.5 Å². The van der Waals surface area contributed by atoms with E-state index < -0.39 is 0 Å². The van der Waals surface area contributed by atoms with Gasteiger partial charge >= 0.3 is 0 Å². The van der Waals surface area contributed by atoms with Crippen molar-refractivity contribution in [3.63, 3.8) is 0 Å². The van der Waals surface area contributed by atoms with E-state index in [1.54, 1.807) is 30.3 Å². The molecule has 25 heavy (non-hydrogen) atoms. The summed E-state index contributed by atoms with van der Waals surface area (Å²) in [6.45, 7) is 1.69. The van der Waals surface area contributed by atoms with E-state index in [2.05, 4.69) is 11.4 Å². The Labute approximate surface area is 147 Å². The summed E-state index contributed by atoms with van der Waals surface area (Å²) in [4.78, 5) is 12.3. The number of benzene rings is 2. The van der Waals surface area contributed by atoms with Crippen LogP contribution in [0.5, 0.6) is 5.75 Å². The summed E-state index contributed by atoms with van der Waals surface area (Å²) in [6, 6.07) is 16.4. The maximum Gasteiger partial charge on any atom is 0.251 e. The standard InChI is InChI=1S/C20H20N2O3/c21-12-15-6-8-18(9-7-15)25-14-16-3-1-4-17(11-16)20(23)22-13-19-5-2-10-24-19/h1,3-4,6-9,11,19H,2,5,10,13-14H2,(H,22,23)/t19-/m0/s1. The Morgan fingerprint density at radius 2 is 2.12 bits per heavy atom. The Balaban J connectivity index is 1.54. The highest BCUT2D eigenvalue weighted by atomic mass is 16.5. The second-order valence-corrected chi connectivity index (χ2v) is 5.97. The normalized spacial score (nSPS) is 16.2. The molecule has 1 atom stereocenters. The minimum absolute atomic E-state index is 0.101. The SMILES string of the molecule is N#Cc1ccc(OCc2cccc(C(=O)NC[C@@H]3CCCO3)c2)cc1. The molecule has 2 aromatic rings. The van der Waals surface area contributed by atoms with Gasteiger partial charge in [0.25, 0.3) is 5.91 Å². The van der Waals surface area contributed by atoms with Gasteiger partial charge in [-0.3, -0.25) is 4.79 Å². The van der Waals surface area contributed by atoms with Crippen molar-refractivity contribution in [1.82, 2.24) is 5.32 Å². The molecule has 0 unspecified atom stereocenters. The third kappa shape index (κ3) is 4.82. The Morgan fingerprint density at radius 1 is 1.28 bits per heavy atom. The number of amides is 1. The fourth-order valence-electron chi connectivity index (χ4n) is 2.71. The first-order valence-corrected chi connectivity index (χ1v) is 8.36. The van der Waals surface area contributed by atoms with E-state index in [1.165, 1.54) is 0 Å². The van der Waals surface area contributed by atoms with Crippen LogP contribution in [0.3, 0.4) is 0 Å². The van der Waals surface area contributed by atoms with E-state index in [-0.39, 0.29) is 12.0 Å². The van der Waals surface area contributed by atoms with Crippen molar-refractivity contribution in [2.75, 3.05) is 13.2 Å². The summed E-state index contributed by atoms with van der Waals surface area (Å²) >= 11 is 0. The van der Waals surface area contributed by atoms with Gasteiger partial charge in [0.2, 0.25) is 0 Å². The van der Waals surface area contributed by atoms with E-state index >= 15 is 0 Å². The second-order valence-electron chi connectivity index (χ2n) is 5.97. The quantitative estimate of drug-likeness (QED) is 0.880. The zero-order chi connectivity index (χ0) is 17.5. The van der Waals surface area contributed by atoms with Crippen LogP contribution in [0.2, 0.25) is 0 Å². The van der Waals surface area contributed by atoms with Crippen LogP contribution in [0.4, 0.5) is 0 Å². The van der Waals surface area contributed by atoms with Crippen molar-refractivity contribution in [3.05, 3.63) is 65.2 Å². The average Bonchev–Trinajstić information content (AvgIpc) is 3.19. The molecule has 5 heteroatoms. The molecule has 0 bridgehead atoms. The number of nitrogens with one attached hydrogen (secondary N) is 1. The van der Waals surface area contributed by atoms with Gasteiger partial charge in [-0.25, -0.2) is 0 Å². The molecule has 0 aliphatic carbocycles. The highest BCUT2D eigenvalue weighted by molar-refractivity contribution is 5.94. The van der Waals surface area contributed by atoms with Gasteiger partial charge in [-0.2, -0.15) is 5.26 Å². The van der Waals surface area contributed by atoms with Crippen molar-refractivity contribution in [3.8, 4) is 11.8 Å². The smallest absolute Gasteiger partial charge is 0.251 e.